The number of carbonyl (C=O) groups excluding carboxylic acids is 1. The number of methoxy groups -OCH3 is 1. The molecule has 0 aliphatic heterocycles. The third kappa shape index (κ3) is 2.96. The summed E-state index contributed by atoms with van der Waals surface area (Å²) in [5, 5.41) is 9.92. The number of esters is 1. The summed E-state index contributed by atoms with van der Waals surface area (Å²) in [4.78, 5) is 11.5. The van der Waals surface area contributed by atoms with Crippen molar-refractivity contribution in [3.05, 3.63) is 0 Å². The van der Waals surface area contributed by atoms with Crippen LogP contribution in [0.25, 0.3) is 0 Å². The molecular weight excluding hydrogens is 184 g/mol. The zero-order valence-electron chi connectivity index (χ0n) is 8.62. The van der Waals surface area contributed by atoms with E-state index in [1.165, 1.54) is 0 Å². The van der Waals surface area contributed by atoms with Crippen LogP contribution in [0.1, 0.15) is 32.1 Å². The summed E-state index contributed by atoms with van der Waals surface area (Å²) in [5.41, 5.74) is -1.23. The van der Waals surface area contributed by atoms with Crippen molar-refractivity contribution in [1.82, 2.24) is 0 Å². The van der Waals surface area contributed by atoms with Crippen LogP contribution < -0.4 is 0 Å². The molecule has 0 radical (unpaired) electrons. The molecule has 1 fully saturated rings. The molecule has 1 aliphatic carbocycles. The van der Waals surface area contributed by atoms with E-state index in [1.54, 1.807) is 7.11 Å². The second kappa shape index (κ2) is 5.32. The van der Waals surface area contributed by atoms with Crippen LogP contribution in [0.2, 0.25) is 0 Å². The predicted octanol–water partition coefficient (Wildman–Crippen LogP) is 0.871. The molecule has 0 atom stereocenters. The van der Waals surface area contributed by atoms with Crippen molar-refractivity contribution in [2.75, 3.05) is 20.3 Å². The number of hydrogen-bond acceptors (Lipinski definition) is 4. The lowest BCUT2D eigenvalue weighted by Crippen LogP contribution is -2.42. The first-order valence-electron chi connectivity index (χ1n) is 5.07. The van der Waals surface area contributed by atoms with Gasteiger partial charge in [-0.25, -0.2) is 4.79 Å². The van der Waals surface area contributed by atoms with E-state index in [0.29, 0.717) is 19.4 Å². The lowest BCUT2D eigenvalue weighted by molar-refractivity contribution is -0.170. The first kappa shape index (κ1) is 11.5. The van der Waals surface area contributed by atoms with Gasteiger partial charge in [-0.3, -0.25) is 0 Å². The monoisotopic (exact) mass is 202 g/mol. The molecule has 0 aromatic rings. The summed E-state index contributed by atoms with van der Waals surface area (Å²) < 4.78 is 9.66. The molecule has 0 unspecified atom stereocenters. The Morgan fingerprint density at radius 1 is 1.29 bits per heavy atom. The number of hydrogen-bond donors (Lipinski definition) is 1. The Morgan fingerprint density at radius 2 is 1.93 bits per heavy atom. The Bertz CT molecular complexity index is 185. The Hall–Kier alpha value is -0.610. The molecule has 1 aliphatic rings. The quantitative estimate of drug-likeness (QED) is 0.543. The van der Waals surface area contributed by atoms with Crippen LogP contribution in [-0.4, -0.2) is 37.0 Å². The number of aliphatic hydroxyl groups is 1. The summed E-state index contributed by atoms with van der Waals surface area (Å²) in [6.07, 6.45) is 3.94. The molecule has 14 heavy (non-hydrogen) atoms. The van der Waals surface area contributed by atoms with Gasteiger partial charge in [0.25, 0.3) is 0 Å². The Morgan fingerprint density at radius 3 is 2.50 bits per heavy atom. The lowest BCUT2D eigenvalue weighted by Gasteiger charge is -2.29. The maximum Gasteiger partial charge on any atom is 0.338 e. The zero-order chi connectivity index (χ0) is 10.4. The van der Waals surface area contributed by atoms with Gasteiger partial charge < -0.3 is 14.6 Å². The van der Waals surface area contributed by atoms with Gasteiger partial charge in [0.05, 0.1) is 6.61 Å². The largest absolute Gasteiger partial charge is 0.461 e. The Balaban J connectivity index is 2.33. The first-order valence-corrected chi connectivity index (χ1v) is 5.07. The van der Waals surface area contributed by atoms with Gasteiger partial charge in [0.1, 0.15) is 6.61 Å². The number of rotatable bonds is 4. The van der Waals surface area contributed by atoms with E-state index < -0.39 is 11.6 Å². The minimum Gasteiger partial charge on any atom is -0.461 e. The highest BCUT2D eigenvalue weighted by Crippen LogP contribution is 2.28. The predicted molar refractivity (Wildman–Crippen MR) is 50.9 cm³/mol. The second-order valence-corrected chi connectivity index (χ2v) is 3.72. The topological polar surface area (TPSA) is 55.8 Å². The highest BCUT2D eigenvalue weighted by atomic mass is 16.6. The van der Waals surface area contributed by atoms with Crippen molar-refractivity contribution >= 4 is 5.97 Å². The molecule has 0 saturated heterocycles. The fraction of sp³-hybridized carbons (Fsp3) is 0.900. The fourth-order valence-corrected chi connectivity index (χ4v) is 1.69. The second-order valence-electron chi connectivity index (χ2n) is 3.72. The van der Waals surface area contributed by atoms with Crippen molar-refractivity contribution in [2.24, 2.45) is 0 Å². The molecular formula is C10H18O4. The van der Waals surface area contributed by atoms with Gasteiger partial charge in [0.15, 0.2) is 5.60 Å². The third-order valence-corrected chi connectivity index (χ3v) is 2.58. The van der Waals surface area contributed by atoms with Gasteiger partial charge in [0.2, 0.25) is 0 Å². The minimum atomic E-state index is -1.23. The molecule has 0 amide bonds. The molecule has 4 nitrogen and oxygen atoms in total. The van der Waals surface area contributed by atoms with Gasteiger partial charge in [-0.15, -0.1) is 0 Å². The Labute approximate surface area is 84.2 Å². The van der Waals surface area contributed by atoms with Crippen molar-refractivity contribution in [2.45, 2.75) is 37.7 Å². The summed E-state index contributed by atoms with van der Waals surface area (Å²) in [7, 11) is 1.54. The minimum absolute atomic E-state index is 0.220. The van der Waals surface area contributed by atoms with Crippen molar-refractivity contribution in [3.63, 3.8) is 0 Å². The van der Waals surface area contributed by atoms with Gasteiger partial charge >= 0.3 is 5.97 Å². The zero-order valence-corrected chi connectivity index (χ0v) is 8.62. The van der Waals surface area contributed by atoms with E-state index in [0.717, 1.165) is 19.3 Å². The molecule has 0 aromatic carbocycles. The van der Waals surface area contributed by atoms with Gasteiger partial charge in [-0.1, -0.05) is 6.42 Å². The van der Waals surface area contributed by atoms with Gasteiger partial charge in [0, 0.05) is 7.11 Å². The highest BCUT2D eigenvalue weighted by molar-refractivity contribution is 5.79. The van der Waals surface area contributed by atoms with E-state index >= 15 is 0 Å². The van der Waals surface area contributed by atoms with E-state index in [-0.39, 0.29) is 6.61 Å². The molecule has 0 heterocycles. The van der Waals surface area contributed by atoms with Crippen LogP contribution >= 0.6 is 0 Å². The Kier molecular flexibility index (Phi) is 4.35. The van der Waals surface area contributed by atoms with Crippen molar-refractivity contribution in [3.8, 4) is 0 Å². The number of ether oxygens (including phenoxy) is 2. The summed E-state index contributed by atoms with van der Waals surface area (Å²) >= 11 is 0. The molecule has 1 rings (SSSR count). The molecule has 0 spiro atoms. The van der Waals surface area contributed by atoms with E-state index in [4.69, 9.17) is 9.47 Å². The standard InChI is InChI=1S/C10H18O4/c1-13-7-8-14-9(11)10(12)5-3-2-4-6-10/h12H,2-8H2,1H3. The summed E-state index contributed by atoms with van der Waals surface area (Å²) in [5.74, 6) is -0.491. The maximum atomic E-state index is 11.5. The van der Waals surface area contributed by atoms with Gasteiger partial charge in [-0.05, 0) is 25.7 Å². The maximum absolute atomic E-state index is 11.5. The van der Waals surface area contributed by atoms with E-state index in [2.05, 4.69) is 0 Å². The van der Waals surface area contributed by atoms with E-state index in [9.17, 15) is 9.90 Å². The van der Waals surface area contributed by atoms with Crippen LogP contribution in [0.5, 0.6) is 0 Å². The molecule has 1 saturated carbocycles. The molecule has 82 valence electrons. The first-order chi connectivity index (χ1) is 6.69. The number of carbonyl (C=O) groups is 1. The van der Waals surface area contributed by atoms with Crippen LogP contribution in [0, 0.1) is 0 Å². The van der Waals surface area contributed by atoms with Crippen molar-refractivity contribution < 1.29 is 19.4 Å². The molecule has 0 bridgehead atoms. The lowest BCUT2D eigenvalue weighted by atomic mass is 9.85. The average Bonchev–Trinajstić information content (AvgIpc) is 2.19. The SMILES string of the molecule is COCCOC(=O)C1(O)CCCCC1. The van der Waals surface area contributed by atoms with Crippen LogP contribution in [0.4, 0.5) is 0 Å². The smallest absolute Gasteiger partial charge is 0.338 e. The van der Waals surface area contributed by atoms with Crippen molar-refractivity contribution in [1.29, 1.82) is 0 Å². The van der Waals surface area contributed by atoms with Crippen LogP contribution in [0.3, 0.4) is 0 Å². The highest BCUT2D eigenvalue weighted by Gasteiger charge is 2.38. The normalized spacial score (nSPS) is 20.4. The summed E-state index contributed by atoms with van der Waals surface area (Å²) in [6.45, 7) is 0.597. The average molecular weight is 202 g/mol. The van der Waals surface area contributed by atoms with Crippen LogP contribution in [-0.2, 0) is 14.3 Å². The van der Waals surface area contributed by atoms with Crippen LogP contribution in [0.15, 0.2) is 0 Å². The molecule has 4 heteroatoms. The third-order valence-electron chi connectivity index (χ3n) is 2.58. The molecule has 0 aromatic heterocycles. The van der Waals surface area contributed by atoms with Gasteiger partial charge in [-0.2, -0.15) is 0 Å². The fourth-order valence-electron chi connectivity index (χ4n) is 1.69. The molecule has 1 N–H and O–H groups in total. The van der Waals surface area contributed by atoms with E-state index in [1.807, 2.05) is 0 Å². The summed E-state index contributed by atoms with van der Waals surface area (Å²) in [6, 6.07) is 0.